The quantitative estimate of drug-likeness (QED) is 0.217. The Morgan fingerprint density at radius 1 is 0.784 bits per heavy atom. The lowest BCUT2D eigenvalue weighted by Crippen LogP contribution is -2.55. The summed E-state index contributed by atoms with van der Waals surface area (Å²) < 4.78 is 0. The lowest BCUT2D eigenvalue weighted by molar-refractivity contribution is 0.000364. The third-order valence-corrected chi connectivity index (χ3v) is 12.1. The number of aryl methyl sites for hydroxylation is 2. The first-order valence-electron chi connectivity index (χ1n) is 19.4. The normalized spacial score (nSPS) is 25.1. The van der Waals surface area contributed by atoms with E-state index in [2.05, 4.69) is 90.0 Å². The summed E-state index contributed by atoms with van der Waals surface area (Å²) in [6.07, 6.45) is 17.7. The maximum absolute atomic E-state index is 6.32. The summed E-state index contributed by atoms with van der Waals surface area (Å²) in [5.41, 5.74) is 17.2. The lowest BCUT2D eigenvalue weighted by atomic mass is 9.53. The van der Waals surface area contributed by atoms with Gasteiger partial charge in [0, 0.05) is 40.1 Å². The van der Waals surface area contributed by atoms with Crippen molar-refractivity contribution >= 4 is 17.2 Å². The van der Waals surface area contributed by atoms with E-state index in [0.717, 1.165) is 80.2 Å². The van der Waals surface area contributed by atoms with Crippen molar-refractivity contribution in [3.8, 4) is 0 Å². The van der Waals surface area contributed by atoms with Crippen LogP contribution in [0.3, 0.4) is 0 Å². The van der Waals surface area contributed by atoms with Gasteiger partial charge in [-0.05, 0) is 175 Å². The first-order chi connectivity index (χ1) is 24.8. The van der Waals surface area contributed by atoms with E-state index in [1.54, 1.807) is 0 Å². The van der Waals surface area contributed by atoms with Gasteiger partial charge in [-0.3, -0.25) is 9.97 Å². The van der Waals surface area contributed by atoms with E-state index in [1.807, 2.05) is 30.6 Å². The molecular weight excluding hydrogens is 646 g/mol. The van der Waals surface area contributed by atoms with Crippen molar-refractivity contribution in [1.82, 2.24) is 20.2 Å². The van der Waals surface area contributed by atoms with Gasteiger partial charge in [-0.1, -0.05) is 65.7 Å². The molecule has 268 valence electrons. The second-order valence-electron chi connectivity index (χ2n) is 16.1. The standard InChI is InChI=1S/C19H19ClN2.C16H20N2.C10H17N/c20-16-5-6-17-15(12-16)4-3-14-2-1-9-22-19(14)18(17)13-7-10-21-11-8-13;1-18(2)13-11-15(14-8-4-3-5-9-14)16-10-6-7-12-17-16;11-10-4-7-1-8(5-10)3-9(2-7)6-10/h1-2,5-6,9,12,21H,3-4,7-8,10-11H2;3-10,12,15H,11,13H2,1-2H3;7-9H,1-6,11H2. The molecule has 2 aromatic heterocycles. The SMILES string of the molecule is CN(C)CCC(c1ccccc1)c1ccccn1.Clc1ccc2c(c1)CCc1cccnc1C2=C1CCNCC1.NC12CC3CC(CC(C3)C1)C2. The highest BCUT2D eigenvalue weighted by atomic mass is 35.5. The zero-order chi connectivity index (χ0) is 35.2. The highest BCUT2D eigenvalue weighted by Gasteiger charge is 2.48. The van der Waals surface area contributed by atoms with E-state index in [4.69, 9.17) is 22.3 Å². The maximum atomic E-state index is 6.32. The minimum absolute atomic E-state index is 0.300. The predicted molar refractivity (Wildman–Crippen MR) is 212 cm³/mol. The number of halogens is 1. The summed E-state index contributed by atoms with van der Waals surface area (Å²) >= 11 is 6.23. The molecule has 0 amide bonds. The van der Waals surface area contributed by atoms with Crippen LogP contribution in [0.25, 0.3) is 5.57 Å². The fourth-order valence-corrected chi connectivity index (χ4v) is 10.1. The van der Waals surface area contributed by atoms with Gasteiger partial charge in [0.2, 0.25) is 0 Å². The molecule has 10 rings (SSSR count). The molecule has 1 unspecified atom stereocenters. The number of benzene rings is 2. The van der Waals surface area contributed by atoms with Crippen molar-refractivity contribution in [1.29, 1.82) is 0 Å². The average molecular weight is 702 g/mol. The van der Waals surface area contributed by atoms with Gasteiger partial charge in [-0.25, -0.2) is 0 Å². The summed E-state index contributed by atoms with van der Waals surface area (Å²) in [6, 6.07) is 27.4. The second-order valence-corrected chi connectivity index (χ2v) is 16.6. The van der Waals surface area contributed by atoms with E-state index in [9.17, 15) is 0 Å². The van der Waals surface area contributed by atoms with Crippen molar-refractivity contribution in [3.63, 3.8) is 0 Å². The number of nitrogens with two attached hydrogens (primary N) is 1. The van der Waals surface area contributed by atoms with Crippen LogP contribution in [0, 0.1) is 17.8 Å². The summed E-state index contributed by atoms with van der Waals surface area (Å²) in [5.74, 6) is 3.44. The molecule has 1 saturated heterocycles. The fourth-order valence-electron chi connectivity index (χ4n) is 9.93. The van der Waals surface area contributed by atoms with Crippen molar-refractivity contribution in [2.75, 3.05) is 33.7 Å². The molecule has 5 nitrogen and oxygen atoms in total. The van der Waals surface area contributed by atoms with Gasteiger partial charge in [0.05, 0.1) is 5.69 Å². The van der Waals surface area contributed by atoms with Gasteiger partial charge in [-0.15, -0.1) is 0 Å². The van der Waals surface area contributed by atoms with Crippen LogP contribution in [0.4, 0.5) is 0 Å². The third-order valence-electron chi connectivity index (χ3n) is 11.9. The van der Waals surface area contributed by atoms with Crippen LogP contribution >= 0.6 is 11.6 Å². The number of hydrogen-bond acceptors (Lipinski definition) is 5. The minimum Gasteiger partial charge on any atom is -0.325 e. The Kier molecular flexibility index (Phi) is 11.7. The maximum Gasteiger partial charge on any atom is 0.0739 e. The number of piperidine rings is 1. The molecule has 3 heterocycles. The Morgan fingerprint density at radius 2 is 1.45 bits per heavy atom. The van der Waals surface area contributed by atoms with Crippen LogP contribution in [0.1, 0.15) is 97.3 Å². The second kappa shape index (κ2) is 16.5. The molecule has 4 aromatic rings. The molecule has 2 aromatic carbocycles. The Bertz CT molecular complexity index is 1690. The van der Waals surface area contributed by atoms with Gasteiger partial charge in [0.25, 0.3) is 0 Å². The van der Waals surface area contributed by atoms with Crippen molar-refractivity contribution in [2.24, 2.45) is 23.5 Å². The molecule has 5 aliphatic carbocycles. The third kappa shape index (κ3) is 9.00. The van der Waals surface area contributed by atoms with E-state index < -0.39 is 0 Å². The first kappa shape index (κ1) is 36.0. The fraction of sp³-hybridized carbons (Fsp3) is 0.467. The van der Waals surface area contributed by atoms with Crippen LogP contribution in [-0.4, -0.2) is 54.1 Å². The number of hydrogen-bond donors (Lipinski definition) is 2. The van der Waals surface area contributed by atoms with Crippen molar-refractivity contribution in [3.05, 3.63) is 135 Å². The molecule has 1 atom stereocenters. The van der Waals surface area contributed by atoms with Gasteiger partial charge in [0.1, 0.15) is 0 Å². The smallest absolute Gasteiger partial charge is 0.0739 e. The lowest BCUT2D eigenvalue weighted by Gasteiger charge is -2.55. The van der Waals surface area contributed by atoms with E-state index in [-0.39, 0.29) is 0 Å². The largest absolute Gasteiger partial charge is 0.325 e. The topological polar surface area (TPSA) is 67.1 Å². The highest BCUT2D eigenvalue weighted by Crippen LogP contribution is 2.54. The van der Waals surface area contributed by atoms with Gasteiger partial charge < -0.3 is 16.0 Å². The average Bonchev–Trinajstić information content (AvgIpc) is 3.29. The molecule has 4 saturated carbocycles. The molecule has 1 aliphatic heterocycles. The summed E-state index contributed by atoms with van der Waals surface area (Å²) in [6.45, 7) is 3.18. The van der Waals surface area contributed by atoms with Crippen LogP contribution in [-0.2, 0) is 12.8 Å². The summed E-state index contributed by atoms with van der Waals surface area (Å²) in [7, 11) is 4.22. The number of pyridine rings is 2. The summed E-state index contributed by atoms with van der Waals surface area (Å²) in [4.78, 5) is 11.5. The van der Waals surface area contributed by atoms with E-state index in [1.165, 1.54) is 77.6 Å². The molecule has 5 fully saturated rings. The molecule has 0 radical (unpaired) electrons. The van der Waals surface area contributed by atoms with Gasteiger partial charge >= 0.3 is 0 Å². The minimum atomic E-state index is 0.300. The van der Waals surface area contributed by atoms with Crippen LogP contribution in [0.15, 0.2) is 96.8 Å². The highest BCUT2D eigenvalue weighted by molar-refractivity contribution is 6.30. The van der Waals surface area contributed by atoms with Crippen LogP contribution in [0.5, 0.6) is 0 Å². The number of nitrogens with zero attached hydrogens (tertiary/aromatic N) is 3. The van der Waals surface area contributed by atoms with Crippen LogP contribution < -0.4 is 11.1 Å². The van der Waals surface area contributed by atoms with Gasteiger partial charge in [-0.2, -0.15) is 0 Å². The molecule has 6 heteroatoms. The molecule has 0 spiro atoms. The van der Waals surface area contributed by atoms with Crippen LogP contribution in [0.2, 0.25) is 5.02 Å². The number of rotatable bonds is 5. The number of nitrogens with one attached hydrogen (secondary N) is 1. The molecule has 51 heavy (non-hydrogen) atoms. The molecular formula is C45H56ClN5. The zero-order valence-electron chi connectivity index (χ0n) is 30.7. The van der Waals surface area contributed by atoms with Crippen molar-refractivity contribution in [2.45, 2.75) is 82.1 Å². The zero-order valence-corrected chi connectivity index (χ0v) is 31.4. The van der Waals surface area contributed by atoms with E-state index >= 15 is 0 Å². The number of aromatic nitrogens is 2. The Morgan fingerprint density at radius 3 is 2.10 bits per heavy atom. The van der Waals surface area contributed by atoms with Gasteiger partial charge in [0.15, 0.2) is 0 Å². The molecule has 6 aliphatic rings. The molecule has 3 N–H and O–H groups in total. The Labute approximate surface area is 311 Å². The van der Waals surface area contributed by atoms with E-state index in [0.29, 0.717) is 11.5 Å². The summed E-state index contributed by atoms with van der Waals surface area (Å²) in [5, 5.41) is 4.28. The first-order valence-corrected chi connectivity index (χ1v) is 19.8. The monoisotopic (exact) mass is 701 g/mol. The van der Waals surface area contributed by atoms with Crippen molar-refractivity contribution < 1.29 is 0 Å². The number of fused-ring (bicyclic) bond motifs is 2. The Balaban J connectivity index is 0.000000126. The Hall–Kier alpha value is -3.35. The predicted octanol–water partition coefficient (Wildman–Crippen LogP) is 9.10. The molecule has 4 bridgehead atoms.